The minimum absolute atomic E-state index is 0.0267. The number of hydrogen-bond acceptors (Lipinski definition) is 12. The van der Waals surface area contributed by atoms with Gasteiger partial charge in [-0.2, -0.15) is 5.10 Å². The van der Waals surface area contributed by atoms with Crippen molar-refractivity contribution in [3.63, 3.8) is 0 Å². The maximum atomic E-state index is 15.7. The molecule has 0 radical (unpaired) electrons. The zero-order valence-corrected chi connectivity index (χ0v) is 33.8. The van der Waals surface area contributed by atoms with Crippen molar-refractivity contribution in [2.45, 2.75) is 35.2 Å². The van der Waals surface area contributed by atoms with Crippen molar-refractivity contribution in [3.05, 3.63) is 138 Å². The summed E-state index contributed by atoms with van der Waals surface area (Å²) in [7, 11) is -4.22. The van der Waals surface area contributed by atoms with Gasteiger partial charge in [-0.15, -0.1) is 11.8 Å². The van der Waals surface area contributed by atoms with Gasteiger partial charge in [0.15, 0.2) is 27.1 Å². The fourth-order valence-electron chi connectivity index (χ4n) is 7.25. The van der Waals surface area contributed by atoms with Crippen LogP contribution in [0.15, 0.2) is 119 Å². The van der Waals surface area contributed by atoms with Gasteiger partial charge in [-0.3, -0.25) is 14.5 Å². The SMILES string of the molecule is O=C(CS(=O)(=O)c1ccc(N[C@H](CCN2CCOCC2)CSc2ccccc2)c(F)c1)c1cccc(N2CCc3cccc(C(=O)Nc4cn5ncccc5n4)c3C2)n1. The number of morpholine rings is 1. The van der Waals surface area contributed by atoms with E-state index in [2.05, 4.69) is 30.6 Å². The molecule has 0 spiro atoms. The van der Waals surface area contributed by atoms with E-state index in [1.807, 2.05) is 47.4 Å². The molecule has 1 fully saturated rings. The second kappa shape index (κ2) is 18.1. The van der Waals surface area contributed by atoms with Crippen LogP contribution in [0.4, 0.5) is 21.7 Å². The summed E-state index contributed by atoms with van der Waals surface area (Å²) < 4.78 is 49.8. The molecule has 304 valence electrons. The zero-order valence-electron chi connectivity index (χ0n) is 32.2. The molecule has 1 atom stereocenters. The van der Waals surface area contributed by atoms with E-state index < -0.39 is 27.2 Å². The minimum Gasteiger partial charge on any atom is -0.379 e. The number of halogens is 1. The number of ketones is 1. The summed E-state index contributed by atoms with van der Waals surface area (Å²) in [6.45, 7) is 4.78. The third-order valence-electron chi connectivity index (χ3n) is 10.4. The van der Waals surface area contributed by atoms with Crippen LogP contribution in [0.5, 0.6) is 0 Å². The number of imidazole rings is 1. The number of sulfone groups is 1. The Hall–Kier alpha value is -5.68. The Kier molecular flexibility index (Phi) is 12.3. The van der Waals surface area contributed by atoms with Crippen molar-refractivity contribution in [1.82, 2.24) is 24.5 Å². The predicted octanol–water partition coefficient (Wildman–Crippen LogP) is 6.03. The highest BCUT2D eigenvalue weighted by atomic mass is 32.2. The number of hydrogen-bond donors (Lipinski definition) is 2. The predicted molar refractivity (Wildman–Crippen MR) is 226 cm³/mol. The maximum Gasteiger partial charge on any atom is 0.257 e. The first kappa shape index (κ1) is 40.1. The molecule has 2 aliphatic heterocycles. The van der Waals surface area contributed by atoms with E-state index in [9.17, 15) is 18.0 Å². The number of benzene rings is 3. The van der Waals surface area contributed by atoms with Crippen LogP contribution >= 0.6 is 11.8 Å². The number of carbonyl (C=O) groups excluding carboxylic acids is 2. The minimum atomic E-state index is -4.22. The van der Waals surface area contributed by atoms with Crippen LogP contribution in [0.25, 0.3) is 5.65 Å². The van der Waals surface area contributed by atoms with E-state index in [1.54, 1.807) is 59.0 Å². The van der Waals surface area contributed by atoms with Gasteiger partial charge in [0.1, 0.15) is 23.1 Å². The van der Waals surface area contributed by atoms with E-state index in [-0.39, 0.29) is 28.2 Å². The second-order valence-corrected chi connectivity index (χ2v) is 17.5. The number of nitrogens with one attached hydrogen (secondary N) is 2. The van der Waals surface area contributed by atoms with Crippen LogP contribution in [-0.2, 0) is 27.5 Å². The van der Waals surface area contributed by atoms with Gasteiger partial charge in [0.25, 0.3) is 5.91 Å². The Morgan fingerprint density at radius 3 is 2.56 bits per heavy atom. The molecule has 3 aromatic carbocycles. The lowest BCUT2D eigenvalue weighted by molar-refractivity contribution is 0.0370. The molecule has 59 heavy (non-hydrogen) atoms. The molecule has 0 saturated carbocycles. The number of amides is 1. The number of anilines is 3. The maximum absolute atomic E-state index is 15.7. The monoisotopic (exact) mass is 834 g/mol. The first-order valence-corrected chi connectivity index (χ1v) is 22.1. The molecule has 3 aromatic heterocycles. The molecule has 6 aromatic rings. The van der Waals surface area contributed by atoms with Gasteiger partial charge in [0, 0.05) is 61.2 Å². The lowest BCUT2D eigenvalue weighted by atomic mass is 9.94. The number of rotatable bonds is 15. The molecular weight excluding hydrogens is 792 g/mol. The summed E-state index contributed by atoms with van der Waals surface area (Å²) in [5.74, 6) is -1.11. The number of ether oxygens (including phenoxy) is 1. The molecule has 0 unspecified atom stereocenters. The Labute approximate surface area is 345 Å². The Bertz CT molecular complexity index is 2540. The van der Waals surface area contributed by atoms with E-state index in [0.717, 1.165) is 48.1 Å². The van der Waals surface area contributed by atoms with E-state index in [1.165, 1.54) is 18.2 Å². The molecule has 13 nitrogen and oxygen atoms in total. The van der Waals surface area contributed by atoms with Crippen molar-refractivity contribution < 1.29 is 27.1 Å². The number of carbonyl (C=O) groups is 2. The van der Waals surface area contributed by atoms with Gasteiger partial charge in [-0.1, -0.05) is 36.4 Å². The number of Topliss-reactive ketones (excluding diaryl/α,β-unsaturated/α-hetero) is 1. The molecule has 5 heterocycles. The Morgan fingerprint density at radius 1 is 0.915 bits per heavy atom. The van der Waals surface area contributed by atoms with Crippen molar-refractivity contribution in [3.8, 4) is 0 Å². The molecule has 0 aliphatic carbocycles. The topological polar surface area (TPSA) is 151 Å². The average Bonchev–Trinajstić information content (AvgIpc) is 3.67. The number of nitrogens with zero attached hydrogens (tertiary/aromatic N) is 6. The number of pyridine rings is 1. The third-order valence-corrected chi connectivity index (χ3v) is 13.2. The van der Waals surface area contributed by atoms with Crippen molar-refractivity contribution >= 4 is 56.3 Å². The smallest absolute Gasteiger partial charge is 0.257 e. The summed E-state index contributed by atoms with van der Waals surface area (Å²) in [5.41, 5.74) is 3.09. The van der Waals surface area contributed by atoms with Gasteiger partial charge in [-0.05, 0) is 84.6 Å². The van der Waals surface area contributed by atoms with E-state index >= 15 is 4.39 Å². The average molecular weight is 835 g/mol. The fraction of sp³-hybridized carbons (Fsp3) is 0.279. The second-order valence-electron chi connectivity index (χ2n) is 14.4. The van der Waals surface area contributed by atoms with Crippen LogP contribution < -0.4 is 15.5 Å². The van der Waals surface area contributed by atoms with Crippen LogP contribution in [-0.4, -0.2) is 102 Å². The standard InChI is InChI=1S/C43H43FN8O5S2/c44-36-25-33(14-15-37(36)46-31(17-19-50-21-23-57-24-22-50)28-58-32-8-2-1-3-9-32)59(55,56)29-39(53)38-11-5-12-41(47-38)51-20-16-30-7-4-10-34(35(30)26-51)43(54)49-40-27-52-42(48-40)13-6-18-45-52/h1-15,18,25,27,31,46H,16-17,19-24,26,28-29H2,(H,49,54)/t31-/m1/s1. The molecule has 16 heteroatoms. The normalized spacial score (nSPS) is 15.1. The molecule has 0 bridgehead atoms. The molecule has 1 saturated heterocycles. The number of aromatic nitrogens is 4. The number of thioether (sulfide) groups is 1. The summed E-state index contributed by atoms with van der Waals surface area (Å²) in [5, 5.41) is 10.4. The van der Waals surface area contributed by atoms with E-state index in [4.69, 9.17) is 4.74 Å². The van der Waals surface area contributed by atoms with Gasteiger partial charge in [0.2, 0.25) is 0 Å². The zero-order chi connectivity index (χ0) is 40.8. The van der Waals surface area contributed by atoms with E-state index in [0.29, 0.717) is 61.3 Å². The largest absolute Gasteiger partial charge is 0.379 e. The Morgan fingerprint density at radius 2 is 1.75 bits per heavy atom. The first-order valence-electron chi connectivity index (χ1n) is 19.4. The molecule has 1 amide bonds. The Balaban J connectivity index is 0.922. The highest BCUT2D eigenvalue weighted by Gasteiger charge is 2.27. The van der Waals surface area contributed by atoms with Crippen LogP contribution in [0.2, 0.25) is 0 Å². The first-order chi connectivity index (χ1) is 28.7. The third kappa shape index (κ3) is 9.79. The van der Waals surface area contributed by atoms with Gasteiger partial charge < -0.3 is 20.3 Å². The molecular formula is C43H43FN8O5S2. The molecule has 8 rings (SSSR count). The fourth-order valence-corrected chi connectivity index (χ4v) is 9.46. The summed E-state index contributed by atoms with van der Waals surface area (Å²) >= 11 is 1.67. The summed E-state index contributed by atoms with van der Waals surface area (Å²) in [6.07, 6.45) is 4.65. The molecule has 2 aliphatic rings. The lowest BCUT2D eigenvalue weighted by Crippen LogP contribution is -2.39. The van der Waals surface area contributed by atoms with Crippen LogP contribution in [0.1, 0.15) is 38.4 Å². The lowest BCUT2D eigenvalue weighted by Gasteiger charge is -2.31. The van der Waals surface area contributed by atoms with Gasteiger partial charge in [0.05, 0.1) is 30.0 Å². The van der Waals surface area contributed by atoms with Gasteiger partial charge in [-0.25, -0.2) is 27.3 Å². The van der Waals surface area contributed by atoms with Gasteiger partial charge >= 0.3 is 0 Å². The molecule has 2 N–H and O–H groups in total. The van der Waals surface area contributed by atoms with Crippen LogP contribution in [0, 0.1) is 5.82 Å². The van der Waals surface area contributed by atoms with Crippen molar-refractivity contribution in [2.75, 3.05) is 66.4 Å². The summed E-state index contributed by atoms with van der Waals surface area (Å²) in [4.78, 5) is 41.1. The van der Waals surface area contributed by atoms with Crippen LogP contribution in [0.3, 0.4) is 0 Å². The highest BCUT2D eigenvalue weighted by molar-refractivity contribution is 7.99. The van der Waals surface area contributed by atoms with Crippen molar-refractivity contribution in [2.24, 2.45) is 0 Å². The highest BCUT2D eigenvalue weighted by Crippen LogP contribution is 2.28. The van der Waals surface area contributed by atoms with Crippen molar-refractivity contribution in [1.29, 1.82) is 0 Å². The number of fused-ring (bicyclic) bond motifs is 2. The quantitative estimate of drug-likeness (QED) is 0.0919. The summed E-state index contributed by atoms with van der Waals surface area (Å²) in [6, 6.07) is 27.6.